The number of halogens is 2. The Balaban J connectivity index is 2.21. The first kappa shape index (κ1) is 9.76. The van der Waals surface area contributed by atoms with Crippen molar-refractivity contribution in [1.29, 1.82) is 0 Å². The van der Waals surface area contributed by atoms with Crippen molar-refractivity contribution in [3.05, 3.63) is 47.1 Å². The molecule has 1 aromatic heterocycles. The lowest BCUT2D eigenvalue weighted by Crippen LogP contribution is -1.91. The standard InChI is InChI=1S/C10H8F2N2O/c1-6-13-10(15-14-6)5-7-2-3-8(11)9(12)4-7/h2-4H,5H2,1H3. The quantitative estimate of drug-likeness (QED) is 0.763. The van der Waals surface area contributed by atoms with Gasteiger partial charge in [-0.1, -0.05) is 11.2 Å². The molecule has 0 spiro atoms. The third kappa shape index (κ3) is 2.18. The van der Waals surface area contributed by atoms with Crippen molar-refractivity contribution in [3.63, 3.8) is 0 Å². The third-order valence-electron chi connectivity index (χ3n) is 1.91. The number of nitrogens with zero attached hydrogens (tertiary/aromatic N) is 2. The molecule has 0 N–H and O–H groups in total. The van der Waals surface area contributed by atoms with Crippen LogP contribution >= 0.6 is 0 Å². The van der Waals surface area contributed by atoms with Crippen LogP contribution < -0.4 is 0 Å². The Morgan fingerprint density at radius 2 is 2.07 bits per heavy atom. The highest BCUT2D eigenvalue weighted by Gasteiger charge is 2.07. The molecular formula is C10H8F2N2O. The molecule has 5 heteroatoms. The second-order valence-electron chi connectivity index (χ2n) is 3.16. The molecule has 0 aliphatic carbocycles. The zero-order valence-corrected chi connectivity index (χ0v) is 8.00. The Bertz CT molecular complexity index is 482. The van der Waals surface area contributed by atoms with Crippen LogP contribution in [0, 0.1) is 18.6 Å². The largest absolute Gasteiger partial charge is 0.339 e. The van der Waals surface area contributed by atoms with Crippen LogP contribution in [0.15, 0.2) is 22.7 Å². The molecule has 0 atom stereocenters. The second-order valence-corrected chi connectivity index (χ2v) is 3.16. The topological polar surface area (TPSA) is 38.9 Å². The minimum atomic E-state index is -0.872. The van der Waals surface area contributed by atoms with Gasteiger partial charge in [0.15, 0.2) is 17.5 Å². The van der Waals surface area contributed by atoms with Crippen LogP contribution in [0.25, 0.3) is 0 Å². The van der Waals surface area contributed by atoms with E-state index in [9.17, 15) is 8.78 Å². The van der Waals surface area contributed by atoms with Crippen molar-refractivity contribution in [3.8, 4) is 0 Å². The summed E-state index contributed by atoms with van der Waals surface area (Å²) < 4.78 is 30.3. The summed E-state index contributed by atoms with van der Waals surface area (Å²) in [6.07, 6.45) is 0.304. The molecule has 0 saturated heterocycles. The summed E-state index contributed by atoms with van der Waals surface area (Å²) in [6.45, 7) is 1.69. The normalized spacial score (nSPS) is 10.6. The van der Waals surface area contributed by atoms with Gasteiger partial charge in [-0.3, -0.25) is 0 Å². The Labute approximate surface area is 84.7 Å². The molecule has 1 aromatic carbocycles. The van der Waals surface area contributed by atoms with E-state index in [2.05, 4.69) is 10.1 Å². The van der Waals surface area contributed by atoms with Crippen molar-refractivity contribution in [1.82, 2.24) is 10.1 Å². The average Bonchev–Trinajstić information content (AvgIpc) is 2.58. The van der Waals surface area contributed by atoms with Crippen molar-refractivity contribution in [2.24, 2.45) is 0 Å². The van der Waals surface area contributed by atoms with Crippen molar-refractivity contribution in [2.75, 3.05) is 0 Å². The van der Waals surface area contributed by atoms with Crippen molar-refractivity contribution >= 4 is 0 Å². The van der Waals surface area contributed by atoms with Crippen LogP contribution in [0.5, 0.6) is 0 Å². The molecule has 1 heterocycles. The molecule has 0 bridgehead atoms. The molecule has 2 rings (SSSR count). The molecule has 0 fully saturated rings. The van der Waals surface area contributed by atoms with E-state index in [-0.39, 0.29) is 0 Å². The molecule has 0 saturated carbocycles. The lowest BCUT2D eigenvalue weighted by Gasteiger charge is -1.97. The summed E-state index contributed by atoms with van der Waals surface area (Å²) in [5.74, 6) is -0.824. The third-order valence-corrected chi connectivity index (χ3v) is 1.91. The molecular weight excluding hydrogens is 202 g/mol. The van der Waals surface area contributed by atoms with Gasteiger partial charge in [-0.2, -0.15) is 4.98 Å². The predicted octanol–water partition coefficient (Wildman–Crippen LogP) is 2.25. The molecule has 0 aliphatic heterocycles. The van der Waals surface area contributed by atoms with Crippen LogP contribution in [0.3, 0.4) is 0 Å². The first-order chi connectivity index (χ1) is 7.15. The molecule has 3 nitrogen and oxygen atoms in total. The van der Waals surface area contributed by atoms with E-state index in [0.717, 1.165) is 12.1 Å². The lowest BCUT2D eigenvalue weighted by molar-refractivity contribution is 0.381. The first-order valence-electron chi connectivity index (χ1n) is 4.38. The lowest BCUT2D eigenvalue weighted by atomic mass is 10.1. The van der Waals surface area contributed by atoms with Crippen LogP contribution in [0.2, 0.25) is 0 Å². The molecule has 0 radical (unpaired) electrons. The maximum Gasteiger partial charge on any atom is 0.231 e. The van der Waals surface area contributed by atoms with Crippen LogP contribution in [0.1, 0.15) is 17.3 Å². The van der Waals surface area contributed by atoms with Gasteiger partial charge in [-0.25, -0.2) is 8.78 Å². The number of aromatic nitrogens is 2. The average molecular weight is 210 g/mol. The minimum Gasteiger partial charge on any atom is -0.339 e. The monoisotopic (exact) mass is 210 g/mol. The molecule has 2 aromatic rings. The maximum atomic E-state index is 12.8. The summed E-state index contributed by atoms with van der Waals surface area (Å²) in [4.78, 5) is 3.96. The smallest absolute Gasteiger partial charge is 0.231 e. The van der Waals surface area contributed by atoms with Gasteiger partial charge in [-0.05, 0) is 24.6 Å². The molecule has 0 unspecified atom stereocenters. The number of benzene rings is 1. The predicted molar refractivity (Wildman–Crippen MR) is 48.2 cm³/mol. The highest BCUT2D eigenvalue weighted by molar-refractivity contribution is 5.20. The summed E-state index contributed by atoms with van der Waals surface area (Å²) in [5.41, 5.74) is 0.595. The number of rotatable bonds is 2. The van der Waals surface area contributed by atoms with E-state index in [1.807, 2.05) is 0 Å². The first-order valence-corrected chi connectivity index (χ1v) is 4.38. The Kier molecular flexibility index (Phi) is 2.45. The van der Waals surface area contributed by atoms with E-state index >= 15 is 0 Å². The fourth-order valence-electron chi connectivity index (χ4n) is 1.24. The summed E-state index contributed by atoms with van der Waals surface area (Å²) in [5, 5.41) is 3.60. The Hall–Kier alpha value is -1.78. The summed E-state index contributed by atoms with van der Waals surface area (Å²) in [7, 11) is 0. The fourth-order valence-corrected chi connectivity index (χ4v) is 1.24. The number of hydrogen-bond donors (Lipinski definition) is 0. The fraction of sp³-hybridized carbons (Fsp3) is 0.200. The van der Waals surface area contributed by atoms with Gasteiger partial charge in [0.25, 0.3) is 0 Å². The van der Waals surface area contributed by atoms with Crippen molar-refractivity contribution < 1.29 is 13.3 Å². The highest BCUT2D eigenvalue weighted by Crippen LogP contribution is 2.12. The van der Waals surface area contributed by atoms with Gasteiger partial charge >= 0.3 is 0 Å². The zero-order chi connectivity index (χ0) is 10.8. The maximum absolute atomic E-state index is 12.8. The van der Waals surface area contributed by atoms with Gasteiger partial charge in [0.1, 0.15) is 0 Å². The van der Waals surface area contributed by atoms with Crippen LogP contribution in [-0.2, 0) is 6.42 Å². The van der Waals surface area contributed by atoms with E-state index < -0.39 is 11.6 Å². The Morgan fingerprint density at radius 3 is 2.67 bits per heavy atom. The molecule has 78 valence electrons. The van der Waals surface area contributed by atoms with Gasteiger partial charge in [0.2, 0.25) is 5.89 Å². The molecule has 15 heavy (non-hydrogen) atoms. The van der Waals surface area contributed by atoms with Crippen LogP contribution in [0.4, 0.5) is 8.78 Å². The zero-order valence-electron chi connectivity index (χ0n) is 8.00. The molecule has 0 aliphatic rings. The second kappa shape index (κ2) is 3.76. The van der Waals surface area contributed by atoms with E-state index in [4.69, 9.17) is 4.52 Å². The number of aryl methyl sites for hydroxylation is 1. The van der Waals surface area contributed by atoms with Gasteiger partial charge < -0.3 is 4.52 Å². The highest BCUT2D eigenvalue weighted by atomic mass is 19.2. The van der Waals surface area contributed by atoms with Gasteiger partial charge in [0.05, 0.1) is 6.42 Å². The van der Waals surface area contributed by atoms with Gasteiger partial charge in [-0.15, -0.1) is 0 Å². The van der Waals surface area contributed by atoms with E-state index in [0.29, 0.717) is 23.7 Å². The molecule has 0 amide bonds. The minimum absolute atomic E-state index is 0.304. The Morgan fingerprint density at radius 1 is 1.27 bits per heavy atom. The summed E-state index contributed by atoms with van der Waals surface area (Å²) >= 11 is 0. The van der Waals surface area contributed by atoms with E-state index in [1.165, 1.54) is 6.07 Å². The SMILES string of the molecule is Cc1noc(Cc2ccc(F)c(F)c2)n1. The van der Waals surface area contributed by atoms with E-state index in [1.54, 1.807) is 6.92 Å². The van der Waals surface area contributed by atoms with Crippen molar-refractivity contribution in [2.45, 2.75) is 13.3 Å². The van der Waals surface area contributed by atoms with Crippen LogP contribution in [-0.4, -0.2) is 10.1 Å². The van der Waals surface area contributed by atoms with Gasteiger partial charge in [0, 0.05) is 0 Å². The summed E-state index contributed by atoms with van der Waals surface area (Å²) in [6, 6.07) is 3.68. The number of hydrogen-bond acceptors (Lipinski definition) is 3.